The molecule has 0 saturated carbocycles. The third-order valence-electron chi connectivity index (χ3n) is 6.52. The fourth-order valence-corrected chi connectivity index (χ4v) is 6.75. The van der Waals surface area contributed by atoms with Crippen molar-refractivity contribution in [1.29, 1.82) is 0 Å². The number of fused-ring (bicyclic) bond motifs is 1. The van der Waals surface area contributed by atoms with Gasteiger partial charge in [0.1, 0.15) is 5.69 Å². The van der Waals surface area contributed by atoms with Gasteiger partial charge in [0.2, 0.25) is 0 Å². The van der Waals surface area contributed by atoms with Crippen LogP contribution in [-0.2, 0) is 30.4 Å². The summed E-state index contributed by atoms with van der Waals surface area (Å²) in [6, 6.07) is 5.15. The van der Waals surface area contributed by atoms with Crippen LogP contribution in [0.25, 0.3) is 22.5 Å². The second-order valence-electron chi connectivity index (χ2n) is 9.81. The Balaban J connectivity index is 1.45. The monoisotopic (exact) mass is 733 g/mol. The molecule has 1 aromatic carbocycles. The number of pyridine rings is 2. The maximum atomic E-state index is 14.3. The van der Waals surface area contributed by atoms with Crippen molar-refractivity contribution in [3.63, 3.8) is 0 Å². The van der Waals surface area contributed by atoms with Crippen molar-refractivity contribution in [2.75, 3.05) is 3.71 Å². The molecule has 0 saturated heterocycles. The Hall–Kier alpha value is -5.12. The van der Waals surface area contributed by atoms with Crippen molar-refractivity contribution in [2.24, 2.45) is 7.05 Å². The van der Waals surface area contributed by atoms with Crippen LogP contribution in [-0.4, -0.2) is 49.9 Å². The largest absolute Gasteiger partial charge is 0.573 e. The van der Waals surface area contributed by atoms with Crippen LogP contribution in [0.5, 0.6) is 5.75 Å². The summed E-state index contributed by atoms with van der Waals surface area (Å²) in [5.74, 6) is -1.36. The first-order valence-corrected chi connectivity index (χ1v) is 15.1. The van der Waals surface area contributed by atoms with Crippen LogP contribution in [0.1, 0.15) is 11.1 Å². The summed E-state index contributed by atoms with van der Waals surface area (Å²) in [6.07, 6.45) is -7.08. The van der Waals surface area contributed by atoms with E-state index in [9.17, 15) is 43.7 Å². The number of benzene rings is 1. The molecule has 256 valence electrons. The molecule has 0 N–H and O–H groups in total. The number of hydrogen-bond acceptors (Lipinski definition) is 8. The highest BCUT2D eigenvalue weighted by atomic mass is 32.2. The van der Waals surface area contributed by atoms with E-state index >= 15 is 0 Å². The Labute approximate surface area is 274 Å². The molecule has 0 fully saturated rings. The van der Waals surface area contributed by atoms with Crippen LogP contribution >= 0.6 is 11.9 Å². The van der Waals surface area contributed by atoms with E-state index < -0.39 is 52.3 Å². The van der Waals surface area contributed by atoms with E-state index in [0.717, 1.165) is 68.3 Å². The molecule has 0 amide bonds. The van der Waals surface area contributed by atoms with Gasteiger partial charge in [-0.3, -0.25) is 4.68 Å². The Morgan fingerprint density at radius 1 is 0.776 bits per heavy atom. The number of nitrogens with zero attached hydrogens (tertiary/aromatic N) is 9. The van der Waals surface area contributed by atoms with Crippen molar-refractivity contribution < 1.29 is 48.5 Å². The van der Waals surface area contributed by atoms with E-state index in [2.05, 4.69) is 30.0 Å². The van der Waals surface area contributed by atoms with Gasteiger partial charge in [-0.15, -0.1) is 13.2 Å². The molecule has 0 bridgehead atoms. The van der Waals surface area contributed by atoms with E-state index in [1.807, 2.05) is 0 Å². The molecule has 6 aromatic rings. The number of rotatable bonds is 8. The topological polar surface area (TPSA) is 109 Å². The average molecular weight is 734 g/mol. The lowest BCUT2D eigenvalue weighted by Crippen LogP contribution is -2.23. The predicted molar refractivity (Wildman–Crippen MR) is 155 cm³/mol. The lowest BCUT2D eigenvalue weighted by Gasteiger charge is -2.24. The van der Waals surface area contributed by atoms with Gasteiger partial charge >= 0.3 is 18.7 Å². The first-order chi connectivity index (χ1) is 23.0. The molecule has 11 nitrogen and oxygen atoms in total. The van der Waals surface area contributed by atoms with Gasteiger partial charge in [0.25, 0.3) is 0 Å². The van der Waals surface area contributed by atoms with E-state index in [1.165, 1.54) is 30.2 Å². The first kappa shape index (κ1) is 33.8. The maximum Gasteiger partial charge on any atom is 0.573 e. The predicted octanol–water partition coefficient (Wildman–Crippen LogP) is 6.91. The summed E-state index contributed by atoms with van der Waals surface area (Å²) >= 11 is 0.558. The molecule has 6 rings (SSSR count). The fourth-order valence-electron chi connectivity index (χ4n) is 4.41. The van der Waals surface area contributed by atoms with Crippen LogP contribution in [0.2, 0.25) is 0 Å². The smallest absolute Gasteiger partial charge is 0.403 e. The van der Waals surface area contributed by atoms with Gasteiger partial charge in [-0.25, -0.2) is 27.3 Å². The number of hydrogen-bond donors (Lipinski definition) is 0. The van der Waals surface area contributed by atoms with Gasteiger partial charge < -0.3 is 4.74 Å². The van der Waals surface area contributed by atoms with E-state index in [1.54, 1.807) is 0 Å². The standard InChI is InChI=1S/C27H16F9N9O2S2/c1-42-23-15(10-39-42)2-3-20(47-27(34,35)36)24(23)45(48-18-11-40-43(13-18)21-8-16(4-6-37-21)25(28,29)30)49(46)19-12-41-44(14-19)22-9-17(5-7-38-22)26(31,32)33/h2-14H,1H3. The van der Waals surface area contributed by atoms with Crippen LogP contribution in [0.3, 0.4) is 0 Å². The minimum absolute atomic E-state index is 0.0291. The van der Waals surface area contributed by atoms with E-state index in [-0.39, 0.29) is 26.9 Å². The molecule has 22 heteroatoms. The molecule has 1 atom stereocenters. The normalized spacial score (nSPS) is 13.2. The third kappa shape index (κ3) is 7.18. The third-order valence-corrected chi connectivity index (χ3v) is 9.02. The molecule has 0 aliphatic rings. The summed E-state index contributed by atoms with van der Waals surface area (Å²) < 4.78 is 143. The van der Waals surface area contributed by atoms with Crippen LogP contribution < -0.4 is 8.45 Å². The molecule has 0 aliphatic carbocycles. The summed E-state index contributed by atoms with van der Waals surface area (Å²) in [4.78, 5) is 7.61. The molecule has 5 aromatic heterocycles. The van der Waals surface area contributed by atoms with E-state index in [4.69, 9.17) is 0 Å². The second kappa shape index (κ2) is 12.4. The summed E-state index contributed by atoms with van der Waals surface area (Å²) in [7, 11) is -1.11. The van der Waals surface area contributed by atoms with Gasteiger partial charge in [0.05, 0.1) is 51.2 Å². The molecule has 0 radical (unpaired) electrons. The van der Waals surface area contributed by atoms with E-state index in [0.29, 0.717) is 23.4 Å². The van der Waals surface area contributed by atoms with Crippen molar-refractivity contribution >= 4 is 39.5 Å². The van der Waals surface area contributed by atoms with Crippen molar-refractivity contribution in [2.45, 2.75) is 28.5 Å². The molecular weight excluding hydrogens is 717 g/mol. The Morgan fingerprint density at radius 3 is 1.96 bits per heavy atom. The molecule has 5 heterocycles. The molecule has 0 spiro atoms. The number of halogens is 9. The first-order valence-electron chi connectivity index (χ1n) is 13.2. The van der Waals surface area contributed by atoms with Gasteiger partial charge in [-0.1, -0.05) is 0 Å². The Kier molecular flexibility index (Phi) is 8.55. The Morgan fingerprint density at radius 2 is 1.37 bits per heavy atom. The lowest BCUT2D eigenvalue weighted by atomic mass is 10.2. The quantitative estimate of drug-likeness (QED) is 0.123. The van der Waals surface area contributed by atoms with Gasteiger partial charge in [-0.2, -0.15) is 41.6 Å². The molecular formula is C27H16F9N9O2S2. The van der Waals surface area contributed by atoms with Crippen molar-refractivity contribution in [3.8, 4) is 17.4 Å². The lowest BCUT2D eigenvalue weighted by molar-refractivity contribution is -0.274. The summed E-state index contributed by atoms with van der Waals surface area (Å²) in [6.45, 7) is 0. The number of aromatic nitrogens is 8. The highest BCUT2D eigenvalue weighted by molar-refractivity contribution is 8.12. The molecule has 49 heavy (non-hydrogen) atoms. The highest BCUT2D eigenvalue weighted by Gasteiger charge is 2.36. The second-order valence-corrected chi connectivity index (χ2v) is 12.4. The van der Waals surface area contributed by atoms with Gasteiger partial charge in [0.15, 0.2) is 28.4 Å². The average Bonchev–Trinajstić information content (AvgIpc) is 3.79. The minimum atomic E-state index is -5.21. The van der Waals surface area contributed by atoms with Gasteiger partial charge in [-0.05, 0) is 36.4 Å². The van der Waals surface area contributed by atoms with Crippen LogP contribution in [0, 0.1) is 0 Å². The van der Waals surface area contributed by atoms with Crippen molar-refractivity contribution in [3.05, 3.63) is 90.9 Å². The maximum absolute atomic E-state index is 14.3. The summed E-state index contributed by atoms with van der Waals surface area (Å²) in [5, 5.41) is 12.3. The minimum Gasteiger partial charge on any atom is -0.403 e. The van der Waals surface area contributed by atoms with Crippen LogP contribution in [0.15, 0.2) is 89.6 Å². The number of anilines is 1. The van der Waals surface area contributed by atoms with Gasteiger partial charge in [0, 0.05) is 43.0 Å². The zero-order valence-corrected chi connectivity index (χ0v) is 25.7. The molecule has 1 unspecified atom stereocenters. The zero-order valence-electron chi connectivity index (χ0n) is 24.1. The Bertz CT molecular complexity index is 2180. The molecule has 0 aliphatic heterocycles. The fraction of sp³-hybridized carbons (Fsp3) is 0.148. The highest BCUT2D eigenvalue weighted by Crippen LogP contribution is 2.45. The van der Waals surface area contributed by atoms with Crippen LogP contribution in [0.4, 0.5) is 45.2 Å². The SMILES string of the molecule is Cn1ncc2ccc(OC(F)(F)F)c(N(Sc3cnn(-c4cc(C(F)(F)F)ccn4)c3)S(=O)c3cnn(-c4cc(C(F)(F)F)ccn4)c3)c21. The number of ether oxygens (including phenoxy) is 1. The zero-order chi connectivity index (χ0) is 35.3. The summed E-state index contributed by atoms with van der Waals surface area (Å²) in [5.41, 5.74) is -2.43. The number of alkyl halides is 9. The number of aryl methyl sites for hydroxylation is 1. The van der Waals surface area contributed by atoms with Crippen molar-refractivity contribution in [1.82, 2.24) is 39.3 Å².